The molecule has 0 saturated carbocycles. The molecule has 0 atom stereocenters. The fraction of sp³-hybridized carbons (Fsp3) is 0.292. The summed E-state index contributed by atoms with van der Waals surface area (Å²) in [5.41, 5.74) is 1.50. The van der Waals surface area contributed by atoms with Gasteiger partial charge in [0, 0.05) is 19.3 Å². The van der Waals surface area contributed by atoms with Crippen LogP contribution in [0.1, 0.15) is 31.7 Å². The summed E-state index contributed by atoms with van der Waals surface area (Å²) in [5, 5.41) is 2.64. The van der Waals surface area contributed by atoms with Gasteiger partial charge in [-0.15, -0.1) is 13.2 Å². The zero-order valence-corrected chi connectivity index (χ0v) is 19.0. The highest BCUT2D eigenvalue weighted by Gasteiger charge is 2.30. The van der Waals surface area contributed by atoms with Crippen molar-refractivity contribution in [3.05, 3.63) is 75.0 Å². The molecule has 1 aromatic carbocycles. The molecule has 0 aliphatic heterocycles. The molecule has 180 valence electrons. The summed E-state index contributed by atoms with van der Waals surface area (Å²) in [5.74, 6) is 1.56. The Hall–Kier alpha value is -3.82. The molecule has 2 aromatic heterocycles. The molecule has 1 N–H and O–H groups in total. The van der Waals surface area contributed by atoms with E-state index in [2.05, 4.69) is 38.6 Å². The maximum Gasteiger partial charge on any atom is 0.573 e. The third-order valence-electron chi connectivity index (χ3n) is 4.97. The van der Waals surface area contributed by atoms with Crippen molar-refractivity contribution in [1.82, 2.24) is 15.1 Å². The van der Waals surface area contributed by atoms with Gasteiger partial charge in [-0.1, -0.05) is 18.2 Å². The van der Waals surface area contributed by atoms with Gasteiger partial charge < -0.3 is 14.2 Å². The van der Waals surface area contributed by atoms with Crippen LogP contribution in [0, 0.1) is 6.92 Å². The normalized spacial score (nSPS) is 12.7. The number of H-pyrrole nitrogens is 1. The van der Waals surface area contributed by atoms with Gasteiger partial charge in [0.2, 0.25) is 0 Å². The van der Waals surface area contributed by atoms with Crippen molar-refractivity contribution in [2.45, 2.75) is 33.6 Å². The Bertz CT molecular complexity index is 1300. The molecule has 7 nitrogen and oxygen atoms in total. The van der Waals surface area contributed by atoms with Crippen molar-refractivity contribution in [3.8, 4) is 5.75 Å². The number of rotatable bonds is 5. The number of ether oxygens (including phenoxy) is 1. The van der Waals surface area contributed by atoms with Gasteiger partial charge in [0.15, 0.2) is 5.42 Å². The van der Waals surface area contributed by atoms with Crippen LogP contribution in [0.25, 0.3) is 17.7 Å². The lowest BCUT2D eigenvalue weighted by molar-refractivity contribution is -0.274. The minimum absolute atomic E-state index is 0.293. The first-order chi connectivity index (χ1) is 16.2. The lowest BCUT2D eigenvalue weighted by atomic mass is 10.0. The minimum Gasteiger partial charge on any atom is -0.406 e. The van der Waals surface area contributed by atoms with Crippen molar-refractivity contribution in [1.29, 1.82) is 0 Å². The van der Waals surface area contributed by atoms with E-state index in [1.54, 1.807) is 18.3 Å². The van der Waals surface area contributed by atoms with Gasteiger partial charge in [0.1, 0.15) is 17.4 Å². The van der Waals surface area contributed by atoms with Crippen LogP contribution in [-0.4, -0.2) is 34.6 Å². The van der Waals surface area contributed by atoms with Crippen LogP contribution in [0.2, 0.25) is 0 Å². The predicted molar refractivity (Wildman–Crippen MR) is 124 cm³/mol. The third kappa shape index (κ3) is 6.60. The van der Waals surface area contributed by atoms with E-state index in [0.717, 1.165) is 30.3 Å². The lowest BCUT2D eigenvalue weighted by Crippen LogP contribution is -2.32. The second-order valence-electron chi connectivity index (χ2n) is 7.26. The Balaban J connectivity index is 0.000000229. The number of fused-ring (bicyclic) bond motifs is 1. The van der Waals surface area contributed by atoms with Gasteiger partial charge in [-0.3, -0.25) is 4.79 Å². The highest BCUT2D eigenvalue weighted by Crippen LogP contribution is 2.25. The van der Waals surface area contributed by atoms with E-state index < -0.39 is 6.36 Å². The molecule has 4 rings (SSSR count). The summed E-state index contributed by atoms with van der Waals surface area (Å²) < 4.78 is 45.2. The number of aryl methyl sites for hydroxylation is 1. The van der Waals surface area contributed by atoms with E-state index in [0.29, 0.717) is 22.6 Å². The number of anilines is 1. The number of hydrogen-bond donors (Lipinski definition) is 1. The minimum atomic E-state index is -4.72. The molecule has 0 saturated heterocycles. The molecular formula is C24H25F3N4O3. The number of halogens is 3. The van der Waals surface area contributed by atoms with E-state index in [9.17, 15) is 18.0 Å². The van der Waals surface area contributed by atoms with Gasteiger partial charge in [-0.05, 0) is 68.7 Å². The number of allylic oxidation sites excluding steroid dienone is 2. The van der Waals surface area contributed by atoms with Gasteiger partial charge in [-0.25, -0.2) is 9.97 Å². The van der Waals surface area contributed by atoms with Crippen molar-refractivity contribution < 1.29 is 22.4 Å². The first-order valence-corrected chi connectivity index (χ1v) is 10.7. The van der Waals surface area contributed by atoms with Crippen LogP contribution in [0.3, 0.4) is 0 Å². The van der Waals surface area contributed by atoms with Crippen LogP contribution >= 0.6 is 0 Å². The zero-order chi connectivity index (χ0) is 24.7. The molecule has 10 heteroatoms. The van der Waals surface area contributed by atoms with Crippen molar-refractivity contribution >= 4 is 23.5 Å². The fourth-order valence-corrected chi connectivity index (χ4v) is 3.34. The molecule has 34 heavy (non-hydrogen) atoms. The lowest BCUT2D eigenvalue weighted by Gasteiger charge is -2.19. The molecule has 1 aliphatic carbocycles. The second-order valence-corrected chi connectivity index (χ2v) is 7.26. The Kier molecular flexibility index (Phi) is 7.93. The number of aromatic nitrogens is 3. The van der Waals surface area contributed by atoms with E-state index in [4.69, 9.17) is 4.52 Å². The van der Waals surface area contributed by atoms with E-state index in [-0.39, 0.29) is 11.3 Å². The standard InChI is InChI=1S/C15H10F3NO3.C9H15N3/c16-15(17,18)21-11-6-4-9(5-7-11)10-2-1-3-13-12(8-10)14(20)19-22-13;1-4-12(5-2)9-6-7-10-8(3)11-9/h2-8H,1H2,(H,19,20);6-7H,4-5H2,1-3H3. The Morgan fingerprint density at radius 2 is 1.82 bits per heavy atom. The van der Waals surface area contributed by atoms with Gasteiger partial charge in [-0.2, -0.15) is 5.16 Å². The summed E-state index contributed by atoms with van der Waals surface area (Å²) in [7, 11) is 0. The second kappa shape index (κ2) is 10.9. The first kappa shape index (κ1) is 24.8. The van der Waals surface area contributed by atoms with E-state index in [1.165, 1.54) is 24.3 Å². The maximum atomic E-state index is 12.1. The summed E-state index contributed by atoms with van der Waals surface area (Å²) in [6, 6.07) is 7.41. The van der Waals surface area contributed by atoms with Crippen LogP contribution < -0.4 is 25.8 Å². The Morgan fingerprint density at radius 3 is 2.44 bits per heavy atom. The van der Waals surface area contributed by atoms with Crippen LogP contribution in [0.5, 0.6) is 5.75 Å². The van der Waals surface area contributed by atoms with Gasteiger partial charge in [0.05, 0.1) is 5.22 Å². The topological polar surface area (TPSA) is 84.3 Å². The van der Waals surface area contributed by atoms with Crippen LogP contribution in [-0.2, 0) is 0 Å². The molecule has 0 unspecified atom stereocenters. The van der Waals surface area contributed by atoms with Crippen molar-refractivity contribution in [3.63, 3.8) is 0 Å². The number of benzene rings is 1. The molecule has 0 bridgehead atoms. The number of alkyl halides is 3. The number of nitrogens with zero attached hydrogens (tertiary/aromatic N) is 3. The number of nitrogens with one attached hydrogen (secondary N) is 1. The largest absolute Gasteiger partial charge is 0.573 e. The summed E-state index contributed by atoms with van der Waals surface area (Å²) in [4.78, 5) is 22.2. The highest BCUT2D eigenvalue weighted by atomic mass is 19.4. The fourth-order valence-electron chi connectivity index (χ4n) is 3.34. The third-order valence-corrected chi connectivity index (χ3v) is 4.97. The van der Waals surface area contributed by atoms with Crippen LogP contribution in [0.15, 0.2) is 51.9 Å². The average molecular weight is 474 g/mol. The average Bonchev–Trinajstić information content (AvgIpc) is 3.00. The zero-order valence-electron chi connectivity index (χ0n) is 19.0. The highest BCUT2D eigenvalue weighted by molar-refractivity contribution is 5.89. The van der Waals surface area contributed by atoms with Gasteiger partial charge >= 0.3 is 6.36 Å². The van der Waals surface area contributed by atoms with Crippen molar-refractivity contribution in [2.24, 2.45) is 0 Å². The summed E-state index contributed by atoms with van der Waals surface area (Å²) in [6.07, 6.45) is 2.87. The molecule has 0 amide bonds. The Labute approximate surface area is 193 Å². The molecule has 0 fully saturated rings. The van der Waals surface area contributed by atoms with Crippen LogP contribution in [0.4, 0.5) is 19.0 Å². The smallest absolute Gasteiger partial charge is 0.406 e. The summed E-state index contributed by atoms with van der Waals surface area (Å²) >= 11 is 0. The van der Waals surface area contributed by atoms with Crippen molar-refractivity contribution in [2.75, 3.05) is 18.0 Å². The maximum absolute atomic E-state index is 12.1. The quantitative estimate of drug-likeness (QED) is 0.609. The summed E-state index contributed by atoms with van der Waals surface area (Å²) in [6.45, 7) is 8.15. The first-order valence-electron chi connectivity index (χ1n) is 10.7. The van der Waals surface area contributed by atoms with E-state index in [1.807, 2.05) is 19.1 Å². The molecule has 1 aliphatic rings. The molecular weight excluding hydrogens is 449 g/mol. The predicted octanol–water partition coefficient (Wildman–Crippen LogP) is 3.55. The SMILES string of the molecule is CCN(CC)c1ccnc(C)n1.O=c1[nH]oc2c1=CC(c1ccc(OC(F)(F)F)cc1)=CCC=2. The molecule has 2 heterocycles. The molecule has 0 radical (unpaired) electrons. The van der Waals surface area contributed by atoms with E-state index >= 15 is 0 Å². The number of aromatic amines is 1. The Morgan fingerprint density at radius 1 is 1.12 bits per heavy atom. The van der Waals surface area contributed by atoms with Gasteiger partial charge in [0.25, 0.3) is 5.56 Å². The monoisotopic (exact) mass is 474 g/mol. The molecule has 3 aromatic rings. The number of hydrogen-bond acceptors (Lipinski definition) is 6. The molecule has 0 spiro atoms.